The molecule has 0 spiro atoms. The van der Waals surface area contributed by atoms with Gasteiger partial charge in [0.05, 0.1) is 17.3 Å². The molecule has 0 bridgehead atoms. The fourth-order valence-electron chi connectivity index (χ4n) is 1.78. The van der Waals surface area contributed by atoms with Crippen molar-refractivity contribution < 1.29 is 4.74 Å². The second kappa shape index (κ2) is 6.88. The standard InChI is InChI=1S/C14H15Cl2N3O/c1-3-17-13-7-10(8-20-2)18-14(19-13)11-5-4-9(15)6-12(11)16/h4-7H,3,8H2,1-2H3,(H,17,18,19). The Bertz CT molecular complexity index is 581. The van der Waals surface area contributed by atoms with Crippen molar-refractivity contribution in [1.82, 2.24) is 9.97 Å². The largest absolute Gasteiger partial charge is 0.378 e. The monoisotopic (exact) mass is 311 g/mol. The number of benzene rings is 1. The number of hydrogen-bond donors (Lipinski definition) is 1. The van der Waals surface area contributed by atoms with Crippen molar-refractivity contribution in [3.63, 3.8) is 0 Å². The van der Waals surface area contributed by atoms with Gasteiger partial charge in [-0.1, -0.05) is 23.2 Å². The van der Waals surface area contributed by atoms with Crippen molar-refractivity contribution >= 4 is 29.0 Å². The number of ether oxygens (including phenoxy) is 1. The van der Waals surface area contributed by atoms with Crippen LogP contribution in [0, 0.1) is 0 Å². The second-order valence-electron chi connectivity index (χ2n) is 4.16. The number of hydrogen-bond acceptors (Lipinski definition) is 4. The van der Waals surface area contributed by atoms with Crippen LogP contribution in [0.25, 0.3) is 11.4 Å². The van der Waals surface area contributed by atoms with Crippen LogP contribution in [0.5, 0.6) is 0 Å². The predicted octanol–water partition coefficient (Wildman–Crippen LogP) is 4.03. The van der Waals surface area contributed by atoms with E-state index in [4.69, 9.17) is 27.9 Å². The molecule has 20 heavy (non-hydrogen) atoms. The summed E-state index contributed by atoms with van der Waals surface area (Å²) in [4.78, 5) is 8.92. The lowest BCUT2D eigenvalue weighted by Crippen LogP contribution is -2.05. The molecule has 0 aliphatic carbocycles. The Kier molecular flexibility index (Phi) is 5.17. The molecule has 1 aromatic carbocycles. The van der Waals surface area contributed by atoms with Crippen molar-refractivity contribution in [3.8, 4) is 11.4 Å². The molecule has 1 heterocycles. The second-order valence-corrected chi connectivity index (χ2v) is 5.00. The summed E-state index contributed by atoms with van der Waals surface area (Å²) in [5.41, 5.74) is 1.53. The van der Waals surface area contributed by atoms with Crippen LogP contribution >= 0.6 is 23.2 Å². The third kappa shape index (κ3) is 3.60. The minimum atomic E-state index is 0.416. The summed E-state index contributed by atoms with van der Waals surface area (Å²) in [5, 5.41) is 4.28. The van der Waals surface area contributed by atoms with Gasteiger partial charge in [-0.2, -0.15) is 0 Å². The first-order valence-electron chi connectivity index (χ1n) is 6.20. The topological polar surface area (TPSA) is 47.0 Å². The molecule has 0 aliphatic heterocycles. The molecular formula is C14H15Cl2N3O. The lowest BCUT2D eigenvalue weighted by Gasteiger charge is -2.10. The van der Waals surface area contributed by atoms with Crippen molar-refractivity contribution in [2.24, 2.45) is 0 Å². The SMILES string of the molecule is CCNc1cc(COC)nc(-c2ccc(Cl)cc2Cl)n1. The van der Waals surface area contributed by atoms with Gasteiger partial charge in [-0.05, 0) is 25.1 Å². The normalized spacial score (nSPS) is 10.6. The van der Waals surface area contributed by atoms with E-state index in [1.807, 2.05) is 19.1 Å². The van der Waals surface area contributed by atoms with Crippen LogP contribution in [0.1, 0.15) is 12.6 Å². The number of anilines is 1. The highest BCUT2D eigenvalue weighted by molar-refractivity contribution is 6.36. The van der Waals surface area contributed by atoms with Gasteiger partial charge < -0.3 is 10.1 Å². The highest BCUT2D eigenvalue weighted by atomic mass is 35.5. The fraction of sp³-hybridized carbons (Fsp3) is 0.286. The van der Waals surface area contributed by atoms with E-state index in [1.165, 1.54) is 0 Å². The van der Waals surface area contributed by atoms with Gasteiger partial charge in [0.2, 0.25) is 0 Å². The Morgan fingerprint density at radius 3 is 2.65 bits per heavy atom. The molecule has 0 saturated carbocycles. The Hall–Kier alpha value is -1.36. The molecular weight excluding hydrogens is 297 g/mol. The van der Waals surface area contributed by atoms with Crippen molar-refractivity contribution in [1.29, 1.82) is 0 Å². The zero-order chi connectivity index (χ0) is 14.5. The summed E-state index contributed by atoms with van der Waals surface area (Å²) >= 11 is 12.1. The maximum absolute atomic E-state index is 6.21. The Morgan fingerprint density at radius 1 is 1.20 bits per heavy atom. The van der Waals surface area contributed by atoms with Crippen LogP contribution in [0.4, 0.5) is 5.82 Å². The molecule has 6 heteroatoms. The van der Waals surface area contributed by atoms with E-state index in [0.29, 0.717) is 22.5 Å². The zero-order valence-corrected chi connectivity index (χ0v) is 12.8. The van der Waals surface area contributed by atoms with E-state index in [9.17, 15) is 0 Å². The smallest absolute Gasteiger partial charge is 0.163 e. The fourth-order valence-corrected chi connectivity index (χ4v) is 2.28. The van der Waals surface area contributed by atoms with Crippen LogP contribution in [0.3, 0.4) is 0 Å². The van der Waals surface area contributed by atoms with Crippen molar-refractivity contribution in [2.45, 2.75) is 13.5 Å². The summed E-state index contributed by atoms with van der Waals surface area (Å²) in [6.07, 6.45) is 0. The average Bonchev–Trinajstić information content (AvgIpc) is 2.39. The van der Waals surface area contributed by atoms with Gasteiger partial charge in [0.15, 0.2) is 5.82 Å². The van der Waals surface area contributed by atoms with Gasteiger partial charge in [-0.15, -0.1) is 0 Å². The molecule has 106 valence electrons. The molecule has 2 aromatic rings. The summed E-state index contributed by atoms with van der Waals surface area (Å²) in [6.45, 7) is 3.20. The summed E-state index contributed by atoms with van der Waals surface area (Å²) in [5.74, 6) is 1.30. The first-order chi connectivity index (χ1) is 9.63. The quantitative estimate of drug-likeness (QED) is 0.905. The zero-order valence-electron chi connectivity index (χ0n) is 11.3. The van der Waals surface area contributed by atoms with E-state index in [-0.39, 0.29) is 0 Å². The Labute approximate surface area is 128 Å². The molecule has 0 aliphatic rings. The molecule has 0 unspecified atom stereocenters. The molecule has 0 radical (unpaired) electrons. The molecule has 1 N–H and O–H groups in total. The average molecular weight is 312 g/mol. The lowest BCUT2D eigenvalue weighted by molar-refractivity contribution is 0.181. The summed E-state index contributed by atoms with van der Waals surface area (Å²) in [7, 11) is 1.63. The number of nitrogens with one attached hydrogen (secondary N) is 1. The van der Waals surface area contributed by atoms with E-state index in [2.05, 4.69) is 15.3 Å². The molecule has 4 nitrogen and oxygen atoms in total. The highest BCUT2D eigenvalue weighted by Crippen LogP contribution is 2.29. The molecule has 1 aromatic heterocycles. The molecule has 2 rings (SSSR count). The van der Waals surface area contributed by atoms with E-state index in [1.54, 1.807) is 19.2 Å². The minimum absolute atomic E-state index is 0.416. The number of rotatable bonds is 5. The van der Waals surface area contributed by atoms with E-state index < -0.39 is 0 Å². The van der Waals surface area contributed by atoms with Gasteiger partial charge >= 0.3 is 0 Å². The van der Waals surface area contributed by atoms with E-state index in [0.717, 1.165) is 23.6 Å². The first-order valence-corrected chi connectivity index (χ1v) is 6.95. The molecule has 0 amide bonds. The maximum Gasteiger partial charge on any atom is 0.163 e. The van der Waals surface area contributed by atoms with Crippen LogP contribution in [0.15, 0.2) is 24.3 Å². The molecule has 0 fully saturated rings. The Morgan fingerprint density at radius 2 is 2.00 bits per heavy atom. The van der Waals surface area contributed by atoms with Gasteiger partial charge in [-0.3, -0.25) is 0 Å². The molecule has 0 atom stereocenters. The first kappa shape index (κ1) is 15.0. The lowest BCUT2D eigenvalue weighted by atomic mass is 10.2. The Balaban J connectivity index is 2.48. The van der Waals surface area contributed by atoms with Crippen LogP contribution < -0.4 is 5.32 Å². The van der Waals surface area contributed by atoms with Crippen LogP contribution in [-0.4, -0.2) is 23.6 Å². The van der Waals surface area contributed by atoms with Gasteiger partial charge in [-0.25, -0.2) is 9.97 Å². The number of aromatic nitrogens is 2. The minimum Gasteiger partial charge on any atom is -0.378 e. The third-order valence-corrected chi connectivity index (χ3v) is 3.15. The van der Waals surface area contributed by atoms with E-state index >= 15 is 0 Å². The molecule has 0 saturated heterocycles. The van der Waals surface area contributed by atoms with Gasteiger partial charge in [0.25, 0.3) is 0 Å². The van der Waals surface area contributed by atoms with Crippen LogP contribution in [0.2, 0.25) is 10.0 Å². The summed E-state index contributed by atoms with van der Waals surface area (Å²) in [6, 6.07) is 7.12. The van der Waals surface area contributed by atoms with Gasteiger partial charge in [0.1, 0.15) is 5.82 Å². The number of nitrogens with zero attached hydrogens (tertiary/aromatic N) is 2. The predicted molar refractivity (Wildman–Crippen MR) is 82.4 cm³/mol. The maximum atomic E-state index is 6.21. The van der Waals surface area contributed by atoms with Crippen LogP contribution in [-0.2, 0) is 11.3 Å². The number of methoxy groups -OCH3 is 1. The highest BCUT2D eigenvalue weighted by Gasteiger charge is 2.10. The summed E-state index contributed by atoms with van der Waals surface area (Å²) < 4.78 is 5.13. The third-order valence-electron chi connectivity index (χ3n) is 2.60. The number of halogens is 2. The van der Waals surface area contributed by atoms with Crippen molar-refractivity contribution in [3.05, 3.63) is 40.0 Å². The van der Waals surface area contributed by atoms with Gasteiger partial charge in [0, 0.05) is 30.3 Å². The van der Waals surface area contributed by atoms with Crippen molar-refractivity contribution in [2.75, 3.05) is 19.0 Å².